The Morgan fingerprint density at radius 2 is 1.56 bits per heavy atom. The van der Waals surface area contributed by atoms with Crippen LogP contribution in [0.1, 0.15) is 38.2 Å². The largest absolute Gasteiger partial charge is 0.493 e. The summed E-state index contributed by atoms with van der Waals surface area (Å²) in [4.78, 5) is 0. The third kappa shape index (κ3) is 3.56. The fourth-order valence-electron chi connectivity index (χ4n) is 2.10. The van der Waals surface area contributed by atoms with Crippen LogP contribution in [0, 0.1) is 0 Å². The highest BCUT2D eigenvalue weighted by Gasteiger charge is 2.15. The van der Waals surface area contributed by atoms with Crippen molar-refractivity contribution in [3.05, 3.63) is 17.7 Å². The highest BCUT2D eigenvalue weighted by atomic mass is 16.5. The van der Waals surface area contributed by atoms with Crippen molar-refractivity contribution in [2.45, 2.75) is 39.0 Å². The maximum atomic E-state index is 5.46. The molecule has 0 aliphatic carbocycles. The first-order chi connectivity index (χ1) is 8.78. The maximum absolute atomic E-state index is 5.46. The first kappa shape index (κ1) is 14.7. The highest BCUT2D eigenvalue weighted by molar-refractivity contribution is 5.55. The van der Waals surface area contributed by atoms with E-state index in [0.717, 1.165) is 12.2 Å². The van der Waals surface area contributed by atoms with Crippen molar-refractivity contribution in [2.24, 2.45) is 0 Å². The lowest BCUT2D eigenvalue weighted by atomic mass is 10.0. The SMILES string of the molecule is CCCCCCc1ccc(OC)c(OC)c1OC. The summed E-state index contributed by atoms with van der Waals surface area (Å²) < 4.78 is 16.1. The van der Waals surface area contributed by atoms with E-state index in [2.05, 4.69) is 13.0 Å². The van der Waals surface area contributed by atoms with Crippen LogP contribution in [-0.2, 0) is 6.42 Å². The minimum absolute atomic E-state index is 0.688. The summed E-state index contributed by atoms with van der Waals surface area (Å²) in [7, 11) is 4.95. The van der Waals surface area contributed by atoms with Crippen LogP contribution in [0.5, 0.6) is 17.2 Å². The standard InChI is InChI=1S/C15H24O3/c1-5-6-7-8-9-12-10-11-13(16-2)15(18-4)14(12)17-3/h10-11H,5-9H2,1-4H3. The number of rotatable bonds is 8. The molecule has 0 heterocycles. The van der Waals surface area contributed by atoms with Gasteiger partial charge in [-0.15, -0.1) is 0 Å². The number of ether oxygens (including phenoxy) is 3. The van der Waals surface area contributed by atoms with Gasteiger partial charge in [-0.3, -0.25) is 0 Å². The summed E-state index contributed by atoms with van der Waals surface area (Å²) in [5.41, 5.74) is 1.19. The molecule has 0 aromatic heterocycles. The molecule has 0 atom stereocenters. The molecule has 1 rings (SSSR count). The normalized spacial score (nSPS) is 10.2. The number of benzene rings is 1. The predicted molar refractivity (Wildman–Crippen MR) is 73.9 cm³/mol. The van der Waals surface area contributed by atoms with E-state index in [4.69, 9.17) is 14.2 Å². The van der Waals surface area contributed by atoms with Crippen molar-refractivity contribution in [3.8, 4) is 17.2 Å². The molecule has 0 amide bonds. The average Bonchev–Trinajstić information content (AvgIpc) is 2.42. The first-order valence-corrected chi connectivity index (χ1v) is 6.56. The number of hydrogen-bond acceptors (Lipinski definition) is 3. The molecule has 0 N–H and O–H groups in total. The molecule has 0 radical (unpaired) electrons. The monoisotopic (exact) mass is 252 g/mol. The van der Waals surface area contributed by atoms with E-state index in [1.54, 1.807) is 21.3 Å². The van der Waals surface area contributed by atoms with Crippen molar-refractivity contribution in [1.29, 1.82) is 0 Å². The van der Waals surface area contributed by atoms with E-state index in [9.17, 15) is 0 Å². The second kappa shape index (κ2) is 7.85. The molecule has 102 valence electrons. The van der Waals surface area contributed by atoms with Crippen molar-refractivity contribution in [2.75, 3.05) is 21.3 Å². The third-order valence-electron chi connectivity index (χ3n) is 3.09. The van der Waals surface area contributed by atoms with Gasteiger partial charge < -0.3 is 14.2 Å². The van der Waals surface area contributed by atoms with Gasteiger partial charge >= 0.3 is 0 Å². The van der Waals surface area contributed by atoms with Crippen LogP contribution < -0.4 is 14.2 Å². The molecule has 0 aliphatic rings. The molecule has 0 fully saturated rings. The van der Waals surface area contributed by atoms with Crippen LogP contribution in [0.4, 0.5) is 0 Å². The van der Waals surface area contributed by atoms with Gasteiger partial charge in [0.2, 0.25) is 5.75 Å². The van der Waals surface area contributed by atoms with Crippen molar-refractivity contribution in [1.82, 2.24) is 0 Å². The van der Waals surface area contributed by atoms with Gasteiger partial charge in [0, 0.05) is 0 Å². The Labute approximate surface area is 110 Å². The molecule has 1 aromatic rings. The van der Waals surface area contributed by atoms with Gasteiger partial charge in [0.15, 0.2) is 11.5 Å². The van der Waals surface area contributed by atoms with Crippen LogP contribution in [0.3, 0.4) is 0 Å². The van der Waals surface area contributed by atoms with Gasteiger partial charge in [-0.25, -0.2) is 0 Å². The molecule has 3 nitrogen and oxygen atoms in total. The second-order valence-electron chi connectivity index (χ2n) is 4.30. The second-order valence-corrected chi connectivity index (χ2v) is 4.30. The minimum Gasteiger partial charge on any atom is -0.493 e. The molecule has 0 spiro atoms. The van der Waals surface area contributed by atoms with Crippen molar-refractivity contribution in [3.63, 3.8) is 0 Å². The zero-order valence-electron chi connectivity index (χ0n) is 11.9. The maximum Gasteiger partial charge on any atom is 0.203 e. The van der Waals surface area contributed by atoms with Crippen molar-refractivity contribution >= 4 is 0 Å². The smallest absolute Gasteiger partial charge is 0.203 e. The Hall–Kier alpha value is -1.38. The summed E-state index contributed by atoms with van der Waals surface area (Å²) in [6.45, 7) is 2.22. The van der Waals surface area contributed by atoms with Crippen LogP contribution in [0.25, 0.3) is 0 Å². The van der Waals surface area contributed by atoms with Gasteiger partial charge in [-0.05, 0) is 24.5 Å². The Balaban J connectivity index is 2.84. The molecular weight excluding hydrogens is 228 g/mol. The van der Waals surface area contributed by atoms with E-state index >= 15 is 0 Å². The van der Waals surface area contributed by atoms with E-state index in [0.29, 0.717) is 11.5 Å². The molecular formula is C15H24O3. The Bertz CT molecular complexity index is 361. The summed E-state index contributed by atoms with van der Waals surface area (Å²) >= 11 is 0. The molecule has 0 unspecified atom stereocenters. The number of aryl methyl sites for hydroxylation is 1. The fraction of sp³-hybridized carbons (Fsp3) is 0.600. The summed E-state index contributed by atoms with van der Waals surface area (Å²) in [5, 5.41) is 0. The third-order valence-corrected chi connectivity index (χ3v) is 3.09. The summed E-state index contributed by atoms with van der Waals surface area (Å²) in [6.07, 6.45) is 6.00. The molecule has 1 aromatic carbocycles. The van der Waals surface area contributed by atoms with Crippen LogP contribution in [0.15, 0.2) is 12.1 Å². The van der Waals surface area contributed by atoms with Crippen LogP contribution in [0.2, 0.25) is 0 Å². The number of hydrogen-bond donors (Lipinski definition) is 0. The van der Waals surface area contributed by atoms with Gasteiger partial charge in [0.05, 0.1) is 21.3 Å². The molecule has 0 saturated heterocycles. The lowest BCUT2D eigenvalue weighted by Gasteiger charge is -2.15. The van der Waals surface area contributed by atoms with E-state index in [-0.39, 0.29) is 0 Å². The van der Waals surface area contributed by atoms with Crippen LogP contribution in [-0.4, -0.2) is 21.3 Å². The van der Waals surface area contributed by atoms with Gasteiger partial charge in [0.25, 0.3) is 0 Å². The average molecular weight is 252 g/mol. The highest BCUT2D eigenvalue weighted by Crippen LogP contribution is 2.40. The summed E-state index contributed by atoms with van der Waals surface area (Å²) in [5.74, 6) is 2.20. The lowest BCUT2D eigenvalue weighted by Crippen LogP contribution is -1.99. The van der Waals surface area contributed by atoms with Gasteiger partial charge in [-0.2, -0.15) is 0 Å². The van der Waals surface area contributed by atoms with E-state index < -0.39 is 0 Å². The van der Waals surface area contributed by atoms with Gasteiger partial charge in [0.1, 0.15) is 0 Å². The molecule has 3 heteroatoms. The Morgan fingerprint density at radius 3 is 2.11 bits per heavy atom. The lowest BCUT2D eigenvalue weighted by molar-refractivity contribution is 0.322. The predicted octanol–water partition coefficient (Wildman–Crippen LogP) is 3.84. The fourth-order valence-corrected chi connectivity index (χ4v) is 2.10. The minimum atomic E-state index is 0.688. The van der Waals surface area contributed by atoms with Crippen LogP contribution >= 0.6 is 0 Å². The molecule has 0 aliphatic heterocycles. The molecule has 0 bridgehead atoms. The number of unbranched alkanes of at least 4 members (excludes halogenated alkanes) is 3. The van der Waals surface area contributed by atoms with E-state index in [1.807, 2.05) is 6.07 Å². The first-order valence-electron chi connectivity index (χ1n) is 6.56. The zero-order chi connectivity index (χ0) is 13.4. The molecule has 18 heavy (non-hydrogen) atoms. The number of methoxy groups -OCH3 is 3. The van der Waals surface area contributed by atoms with Gasteiger partial charge in [-0.1, -0.05) is 32.3 Å². The Kier molecular flexibility index (Phi) is 6.40. The zero-order valence-corrected chi connectivity index (χ0v) is 11.9. The Morgan fingerprint density at radius 1 is 0.833 bits per heavy atom. The topological polar surface area (TPSA) is 27.7 Å². The molecule has 0 saturated carbocycles. The quantitative estimate of drug-likeness (QED) is 0.658. The summed E-state index contributed by atoms with van der Waals surface area (Å²) in [6, 6.07) is 4.00. The van der Waals surface area contributed by atoms with E-state index in [1.165, 1.54) is 31.2 Å². The van der Waals surface area contributed by atoms with Crippen molar-refractivity contribution < 1.29 is 14.2 Å².